The van der Waals surface area contributed by atoms with E-state index >= 15 is 0 Å². The molecule has 0 aliphatic carbocycles. The van der Waals surface area contributed by atoms with Crippen molar-refractivity contribution >= 4 is 32.6 Å². The molecule has 0 saturated carbocycles. The van der Waals surface area contributed by atoms with Crippen molar-refractivity contribution in [2.45, 2.75) is 25.8 Å². The molecule has 1 heterocycles. The van der Waals surface area contributed by atoms with Crippen LogP contribution in [0.4, 0.5) is 5.13 Å². The molecule has 5 heteroatoms. The molecule has 2 aromatic rings. The Balaban J connectivity index is 2.20. The SMILES string of the molecule is CC(C)(CC(N)=O)Nc1nc2ccccc2s1. The van der Waals surface area contributed by atoms with Crippen molar-refractivity contribution in [1.82, 2.24) is 4.98 Å². The highest BCUT2D eigenvalue weighted by molar-refractivity contribution is 7.22. The molecule has 0 atom stereocenters. The minimum atomic E-state index is -0.375. The fourth-order valence-electron chi connectivity index (χ4n) is 1.69. The Kier molecular flexibility index (Phi) is 3.02. The summed E-state index contributed by atoms with van der Waals surface area (Å²) in [5.41, 5.74) is 5.80. The summed E-state index contributed by atoms with van der Waals surface area (Å²) in [4.78, 5) is 15.4. The maximum atomic E-state index is 10.9. The molecule has 1 aromatic carbocycles. The molecular formula is C12H15N3OS. The average molecular weight is 249 g/mol. The van der Waals surface area contributed by atoms with Crippen molar-refractivity contribution in [3.05, 3.63) is 24.3 Å². The summed E-state index contributed by atoms with van der Waals surface area (Å²) >= 11 is 1.58. The van der Waals surface area contributed by atoms with Gasteiger partial charge in [-0.1, -0.05) is 23.5 Å². The molecule has 1 aromatic heterocycles. The first-order valence-corrected chi connectivity index (χ1v) is 6.20. The van der Waals surface area contributed by atoms with Crippen LogP contribution in [0.15, 0.2) is 24.3 Å². The second kappa shape index (κ2) is 4.33. The summed E-state index contributed by atoms with van der Waals surface area (Å²) in [5.74, 6) is -0.316. The van der Waals surface area contributed by atoms with Crippen LogP contribution in [0, 0.1) is 0 Å². The quantitative estimate of drug-likeness (QED) is 0.874. The number of hydrogen-bond donors (Lipinski definition) is 2. The number of carbonyl (C=O) groups is 1. The Bertz CT molecular complexity index is 514. The highest BCUT2D eigenvalue weighted by atomic mass is 32.1. The minimum Gasteiger partial charge on any atom is -0.370 e. The number of rotatable bonds is 4. The third-order valence-electron chi connectivity index (χ3n) is 2.36. The van der Waals surface area contributed by atoms with Gasteiger partial charge in [0.15, 0.2) is 5.13 Å². The van der Waals surface area contributed by atoms with Gasteiger partial charge < -0.3 is 11.1 Å². The van der Waals surface area contributed by atoms with Gasteiger partial charge in [-0.2, -0.15) is 0 Å². The van der Waals surface area contributed by atoms with Crippen LogP contribution in [0.25, 0.3) is 10.2 Å². The summed E-state index contributed by atoms with van der Waals surface area (Å²) in [6.45, 7) is 3.87. The summed E-state index contributed by atoms with van der Waals surface area (Å²) in [6.07, 6.45) is 0.281. The molecule has 0 fully saturated rings. The van der Waals surface area contributed by atoms with Crippen molar-refractivity contribution in [2.75, 3.05) is 5.32 Å². The van der Waals surface area contributed by atoms with E-state index in [4.69, 9.17) is 5.73 Å². The highest BCUT2D eigenvalue weighted by Gasteiger charge is 2.21. The lowest BCUT2D eigenvalue weighted by Crippen LogP contribution is -2.35. The van der Waals surface area contributed by atoms with Crippen LogP contribution in [-0.2, 0) is 4.79 Å². The maximum absolute atomic E-state index is 10.9. The number of fused-ring (bicyclic) bond motifs is 1. The van der Waals surface area contributed by atoms with Gasteiger partial charge in [0.1, 0.15) is 0 Å². The number of hydrogen-bond acceptors (Lipinski definition) is 4. The van der Waals surface area contributed by atoms with Gasteiger partial charge in [-0.3, -0.25) is 4.79 Å². The lowest BCUT2D eigenvalue weighted by molar-refractivity contribution is -0.118. The maximum Gasteiger partial charge on any atom is 0.219 e. The van der Waals surface area contributed by atoms with Gasteiger partial charge in [-0.15, -0.1) is 0 Å². The first-order chi connectivity index (χ1) is 7.96. The largest absolute Gasteiger partial charge is 0.370 e. The molecule has 2 rings (SSSR count). The number of thiazole rings is 1. The summed E-state index contributed by atoms with van der Waals surface area (Å²) < 4.78 is 1.13. The zero-order valence-electron chi connectivity index (χ0n) is 9.86. The molecule has 0 spiro atoms. The fraction of sp³-hybridized carbons (Fsp3) is 0.333. The van der Waals surface area contributed by atoms with E-state index < -0.39 is 0 Å². The number of para-hydroxylation sites is 1. The molecule has 0 aliphatic rings. The second-order valence-corrected chi connectivity index (χ2v) is 5.67. The van der Waals surface area contributed by atoms with E-state index in [2.05, 4.69) is 10.3 Å². The number of amides is 1. The average Bonchev–Trinajstić information content (AvgIpc) is 2.55. The predicted molar refractivity (Wildman–Crippen MR) is 71.1 cm³/mol. The highest BCUT2D eigenvalue weighted by Crippen LogP contribution is 2.28. The molecular weight excluding hydrogens is 234 g/mol. The Morgan fingerprint density at radius 2 is 2.18 bits per heavy atom. The smallest absolute Gasteiger partial charge is 0.219 e. The van der Waals surface area contributed by atoms with Gasteiger partial charge in [-0.25, -0.2) is 4.98 Å². The number of benzene rings is 1. The molecule has 90 valence electrons. The van der Waals surface area contributed by atoms with E-state index in [1.54, 1.807) is 11.3 Å². The number of aromatic nitrogens is 1. The first kappa shape index (κ1) is 11.9. The van der Waals surface area contributed by atoms with Gasteiger partial charge in [0.05, 0.1) is 10.2 Å². The topological polar surface area (TPSA) is 68.0 Å². The number of nitrogens with two attached hydrogens (primary N) is 1. The Morgan fingerprint density at radius 1 is 1.47 bits per heavy atom. The standard InChI is InChI=1S/C12H15N3OS/c1-12(2,7-10(13)16)15-11-14-8-5-3-4-6-9(8)17-11/h3-6H,7H2,1-2H3,(H2,13,16)(H,14,15). The molecule has 1 amide bonds. The van der Waals surface area contributed by atoms with E-state index in [1.165, 1.54) is 0 Å². The van der Waals surface area contributed by atoms with E-state index in [0.717, 1.165) is 15.3 Å². The normalized spacial score (nSPS) is 11.6. The van der Waals surface area contributed by atoms with Gasteiger partial charge >= 0.3 is 0 Å². The zero-order valence-corrected chi connectivity index (χ0v) is 10.7. The van der Waals surface area contributed by atoms with Crippen molar-refractivity contribution < 1.29 is 4.79 Å². The number of carbonyl (C=O) groups excluding carboxylic acids is 1. The molecule has 0 bridgehead atoms. The number of nitrogens with one attached hydrogen (secondary N) is 1. The van der Waals surface area contributed by atoms with Gasteiger partial charge in [-0.05, 0) is 26.0 Å². The van der Waals surface area contributed by atoms with Gasteiger partial charge in [0.2, 0.25) is 5.91 Å². The Labute approximate surface area is 104 Å². The monoisotopic (exact) mass is 249 g/mol. The molecule has 0 radical (unpaired) electrons. The van der Waals surface area contributed by atoms with Crippen molar-refractivity contribution in [2.24, 2.45) is 5.73 Å². The molecule has 3 N–H and O–H groups in total. The number of nitrogens with zero attached hydrogens (tertiary/aromatic N) is 1. The number of primary amides is 1. The molecule has 17 heavy (non-hydrogen) atoms. The van der Waals surface area contributed by atoms with Crippen LogP contribution in [0.1, 0.15) is 20.3 Å². The lowest BCUT2D eigenvalue weighted by atomic mass is 10.0. The fourth-order valence-corrected chi connectivity index (χ4v) is 2.74. The third kappa shape index (κ3) is 2.94. The van der Waals surface area contributed by atoms with E-state index in [1.807, 2.05) is 38.1 Å². The molecule has 0 aliphatic heterocycles. The lowest BCUT2D eigenvalue weighted by Gasteiger charge is -2.24. The summed E-state index contributed by atoms with van der Waals surface area (Å²) in [7, 11) is 0. The van der Waals surface area contributed by atoms with Crippen LogP contribution in [0.2, 0.25) is 0 Å². The van der Waals surface area contributed by atoms with Gasteiger partial charge in [0.25, 0.3) is 0 Å². The second-order valence-electron chi connectivity index (χ2n) is 4.64. The van der Waals surface area contributed by atoms with E-state index in [0.29, 0.717) is 0 Å². The van der Waals surface area contributed by atoms with Crippen molar-refractivity contribution in [3.63, 3.8) is 0 Å². The van der Waals surface area contributed by atoms with Gasteiger partial charge in [0, 0.05) is 12.0 Å². The summed E-state index contributed by atoms with van der Waals surface area (Å²) in [6, 6.07) is 7.94. The summed E-state index contributed by atoms with van der Waals surface area (Å²) in [5, 5.41) is 4.06. The first-order valence-electron chi connectivity index (χ1n) is 5.38. The minimum absolute atomic E-state index is 0.281. The Morgan fingerprint density at radius 3 is 2.82 bits per heavy atom. The number of anilines is 1. The van der Waals surface area contributed by atoms with Crippen LogP contribution in [-0.4, -0.2) is 16.4 Å². The zero-order chi connectivity index (χ0) is 12.5. The van der Waals surface area contributed by atoms with Crippen LogP contribution < -0.4 is 11.1 Å². The molecule has 0 saturated heterocycles. The molecule has 0 unspecified atom stereocenters. The van der Waals surface area contributed by atoms with E-state index in [9.17, 15) is 4.79 Å². The van der Waals surface area contributed by atoms with Crippen LogP contribution >= 0.6 is 11.3 Å². The van der Waals surface area contributed by atoms with Crippen molar-refractivity contribution in [3.8, 4) is 0 Å². The van der Waals surface area contributed by atoms with Crippen molar-refractivity contribution in [1.29, 1.82) is 0 Å². The Hall–Kier alpha value is -1.62. The molecule has 4 nitrogen and oxygen atoms in total. The van der Waals surface area contributed by atoms with Crippen LogP contribution in [0.3, 0.4) is 0 Å². The van der Waals surface area contributed by atoms with E-state index in [-0.39, 0.29) is 17.9 Å². The van der Waals surface area contributed by atoms with Crippen LogP contribution in [0.5, 0.6) is 0 Å². The third-order valence-corrected chi connectivity index (χ3v) is 3.31. The predicted octanol–water partition coefficient (Wildman–Crippen LogP) is 2.36.